The quantitative estimate of drug-likeness (QED) is 0.781. The van der Waals surface area contributed by atoms with E-state index in [0.29, 0.717) is 26.2 Å². The van der Waals surface area contributed by atoms with Crippen LogP contribution in [0.2, 0.25) is 0 Å². The van der Waals surface area contributed by atoms with Crippen LogP contribution < -0.4 is 0 Å². The van der Waals surface area contributed by atoms with Gasteiger partial charge in [0.2, 0.25) is 0 Å². The number of rotatable bonds is 4. The summed E-state index contributed by atoms with van der Waals surface area (Å²) in [6.45, 7) is 3.81. The highest BCUT2D eigenvalue weighted by atomic mass is 32.2. The first kappa shape index (κ1) is 18.3. The molecule has 2 fully saturated rings. The lowest BCUT2D eigenvalue weighted by Crippen LogP contribution is -2.61. The van der Waals surface area contributed by atoms with Crippen molar-refractivity contribution in [2.45, 2.75) is 19.0 Å². The second-order valence-corrected chi connectivity index (χ2v) is 8.88. The molecule has 1 aromatic carbocycles. The number of carbonyl (C=O) groups excluding carboxylic acids is 1. The molecule has 8 heteroatoms. The van der Waals surface area contributed by atoms with Crippen LogP contribution in [0.1, 0.15) is 15.9 Å². The molecule has 0 unspecified atom stereocenters. The monoisotopic (exact) mass is 370 g/mol. The van der Waals surface area contributed by atoms with E-state index in [2.05, 4.69) is 4.90 Å². The second kappa shape index (κ2) is 7.01. The third-order valence-electron chi connectivity index (χ3n) is 4.99. The molecule has 138 valence electrons. The standard InChI is InChI=1S/C17H23FN2O4S/c1-12-3-4-13(14(18)9-12)17(21)20-6-5-19(7-8-24-2)15-10-25(22,23)11-16(15)20/h3-4,9,15-16H,5-8,10-11H2,1-2H3/t15-,16+/m1/s1. The van der Waals surface area contributed by atoms with Crippen LogP contribution >= 0.6 is 0 Å². The van der Waals surface area contributed by atoms with Crippen LogP contribution in [-0.2, 0) is 14.6 Å². The predicted octanol–water partition coefficient (Wildman–Crippen LogP) is 0.704. The summed E-state index contributed by atoms with van der Waals surface area (Å²) < 4.78 is 43.6. The Bertz CT molecular complexity index is 768. The van der Waals surface area contributed by atoms with Crippen molar-refractivity contribution in [1.82, 2.24) is 9.80 Å². The molecule has 6 nitrogen and oxygen atoms in total. The molecule has 0 N–H and O–H groups in total. The van der Waals surface area contributed by atoms with Gasteiger partial charge in [-0.25, -0.2) is 12.8 Å². The van der Waals surface area contributed by atoms with Gasteiger partial charge >= 0.3 is 0 Å². The Morgan fingerprint density at radius 3 is 2.68 bits per heavy atom. The maximum Gasteiger partial charge on any atom is 0.257 e. The molecule has 0 radical (unpaired) electrons. The highest BCUT2D eigenvalue weighted by molar-refractivity contribution is 7.91. The lowest BCUT2D eigenvalue weighted by molar-refractivity contribution is 0.0244. The molecule has 2 heterocycles. The Morgan fingerprint density at radius 1 is 1.28 bits per heavy atom. The van der Waals surface area contributed by atoms with Crippen molar-refractivity contribution in [2.75, 3.05) is 44.9 Å². The Balaban J connectivity index is 1.86. The highest BCUT2D eigenvalue weighted by Crippen LogP contribution is 2.28. The molecule has 2 aliphatic rings. The first-order chi connectivity index (χ1) is 11.8. The molecular formula is C17H23FN2O4S. The zero-order valence-electron chi connectivity index (χ0n) is 14.4. The van der Waals surface area contributed by atoms with Crippen molar-refractivity contribution in [3.63, 3.8) is 0 Å². The number of benzene rings is 1. The van der Waals surface area contributed by atoms with Crippen LogP contribution in [0.4, 0.5) is 4.39 Å². The van der Waals surface area contributed by atoms with Crippen LogP contribution in [0.15, 0.2) is 18.2 Å². The van der Waals surface area contributed by atoms with E-state index in [0.717, 1.165) is 5.56 Å². The minimum Gasteiger partial charge on any atom is -0.383 e. The summed E-state index contributed by atoms with van der Waals surface area (Å²) in [7, 11) is -1.62. The number of fused-ring (bicyclic) bond motifs is 1. The average molecular weight is 370 g/mol. The molecule has 2 aliphatic heterocycles. The normalized spacial score (nSPS) is 25.8. The third kappa shape index (κ3) is 3.70. The smallest absolute Gasteiger partial charge is 0.257 e. The molecule has 3 rings (SSSR count). The summed E-state index contributed by atoms with van der Waals surface area (Å²) in [5.41, 5.74) is 0.735. The van der Waals surface area contributed by atoms with E-state index in [9.17, 15) is 17.6 Å². The highest BCUT2D eigenvalue weighted by Gasteiger charge is 2.48. The lowest BCUT2D eigenvalue weighted by atomic mass is 10.0. The summed E-state index contributed by atoms with van der Waals surface area (Å²) in [4.78, 5) is 16.5. The number of carbonyl (C=O) groups is 1. The number of hydrogen-bond donors (Lipinski definition) is 0. The number of hydrogen-bond acceptors (Lipinski definition) is 5. The van der Waals surface area contributed by atoms with Crippen molar-refractivity contribution >= 4 is 15.7 Å². The molecule has 0 spiro atoms. The van der Waals surface area contributed by atoms with Gasteiger partial charge in [-0.05, 0) is 24.6 Å². The summed E-state index contributed by atoms with van der Waals surface area (Å²) >= 11 is 0. The zero-order valence-corrected chi connectivity index (χ0v) is 15.3. The number of ether oxygens (including phenoxy) is 1. The molecule has 1 aromatic rings. The number of halogens is 1. The van der Waals surface area contributed by atoms with Gasteiger partial charge in [-0.15, -0.1) is 0 Å². The first-order valence-electron chi connectivity index (χ1n) is 8.33. The average Bonchev–Trinajstić information content (AvgIpc) is 2.87. The van der Waals surface area contributed by atoms with Crippen molar-refractivity contribution < 1.29 is 22.3 Å². The SMILES string of the molecule is COCCN1CCN(C(=O)c2ccc(C)cc2F)[C@H]2CS(=O)(=O)C[C@H]21. The number of nitrogens with zero attached hydrogens (tertiary/aromatic N) is 2. The summed E-state index contributed by atoms with van der Waals surface area (Å²) in [6.07, 6.45) is 0. The number of aryl methyl sites for hydroxylation is 1. The van der Waals surface area contributed by atoms with E-state index in [1.807, 2.05) is 0 Å². The summed E-state index contributed by atoms with van der Waals surface area (Å²) in [5, 5.41) is 0. The maximum absolute atomic E-state index is 14.2. The van der Waals surface area contributed by atoms with Gasteiger partial charge in [0.15, 0.2) is 9.84 Å². The van der Waals surface area contributed by atoms with Gasteiger partial charge in [-0.3, -0.25) is 9.69 Å². The number of methoxy groups -OCH3 is 1. The summed E-state index contributed by atoms with van der Waals surface area (Å²) in [6, 6.07) is 3.79. The largest absolute Gasteiger partial charge is 0.383 e. The second-order valence-electron chi connectivity index (χ2n) is 6.72. The lowest BCUT2D eigenvalue weighted by Gasteiger charge is -2.43. The fourth-order valence-electron chi connectivity index (χ4n) is 3.71. The van der Waals surface area contributed by atoms with E-state index in [4.69, 9.17) is 4.74 Å². The van der Waals surface area contributed by atoms with Gasteiger partial charge in [-0.1, -0.05) is 6.07 Å². The molecule has 0 aliphatic carbocycles. The van der Waals surface area contributed by atoms with E-state index < -0.39 is 27.6 Å². The predicted molar refractivity (Wildman–Crippen MR) is 91.9 cm³/mol. The van der Waals surface area contributed by atoms with Crippen LogP contribution in [0, 0.1) is 12.7 Å². The van der Waals surface area contributed by atoms with Crippen LogP contribution in [0.3, 0.4) is 0 Å². The Hall–Kier alpha value is -1.51. The fraction of sp³-hybridized carbons (Fsp3) is 0.588. The van der Waals surface area contributed by atoms with Crippen LogP contribution in [0.5, 0.6) is 0 Å². The minimum atomic E-state index is -3.22. The molecule has 0 aromatic heterocycles. The maximum atomic E-state index is 14.2. The molecule has 0 bridgehead atoms. The van der Waals surface area contributed by atoms with Gasteiger partial charge in [0.1, 0.15) is 5.82 Å². The first-order valence-corrected chi connectivity index (χ1v) is 10.1. The topological polar surface area (TPSA) is 66.9 Å². The van der Waals surface area contributed by atoms with Crippen molar-refractivity contribution in [2.24, 2.45) is 0 Å². The zero-order chi connectivity index (χ0) is 18.2. The molecule has 0 saturated carbocycles. The molecule has 1 amide bonds. The number of amides is 1. The molecule has 2 saturated heterocycles. The van der Waals surface area contributed by atoms with Gasteiger partial charge in [0, 0.05) is 32.8 Å². The van der Waals surface area contributed by atoms with Crippen LogP contribution in [-0.4, -0.2) is 81.1 Å². The van der Waals surface area contributed by atoms with Crippen LogP contribution in [0.25, 0.3) is 0 Å². The molecule has 2 atom stereocenters. The number of piperazine rings is 1. The van der Waals surface area contributed by atoms with E-state index >= 15 is 0 Å². The Labute approximate surface area is 147 Å². The van der Waals surface area contributed by atoms with Crippen molar-refractivity contribution in [3.05, 3.63) is 35.1 Å². The van der Waals surface area contributed by atoms with Crippen molar-refractivity contribution in [3.8, 4) is 0 Å². The Morgan fingerprint density at radius 2 is 2.00 bits per heavy atom. The van der Waals surface area contributed by atoms with E-state index in [-0.39, 0.29) is 23.1 Å². The third-order valence-corrected chi connectivity index (χ3v) is 6.69. The van der Waals surface area contributed by atoms with E-state index in [1.165, 1.54) is 17.0 Å². The minimum absolute atomic E-state index is 0.000936. The van der Waals surface area contributed by atoms with E-state index in [1.54, 1.807) is 20.1 Å². The van der Waals surface area contributed by atoms with Gasteiger partial charge < -0.3 is 9.64 Å². The number of sulfone groups is 1. The molecular weight excluding hydrogens is 347 g/mol. The molecule has 25 heavy (non-hydrogen) atoms. The summed E-state index contributed by atoms with van der Waals surface area (Å²) in [5.74, 6) is -1.04. The van der Waals surface area contributed by atoms with Gasteiger partial charge in [-0.2, -0.15) is 0 Å². The fourth-order valence-corrected chi connectivity index (χ4v) is 5.72. The van der Waals surface area contributed by atoms with Gasteiger partial charge in [0.05, 0.1) is 29.7 Å². The Kier molecular flexibility index (Phi) is 5.13. The van der Waals surface area contributed by atoms with Crippen molar-refractivity contribution in [1.29, 1.82) is 0 Å². The van der Waals surface area contributed by atoms with Gasteiger partial charge in [0.25, 0.3) is 5.91 Å².